The minimum absolute atomic E-state index is 0.182. The first-order valence-corrected chi connectivity index (χ1v) is 5.78. The van der Waals surface area contributed by atoms with Crippen molar-refractivity contribution >= 4 is 0 Å². The molecular formula is C11H20N4O. The largest absolute Gasteiger partial charge is 0.380 e. The Morgan fingerprint density at radius 1 is 1.56 bits per heavy atom. The highest BCUT2D eigenvalue weighted by Gasteiger charge is 2.17. The normalized spacial score (nSPS) is 18.4. The van der Waals surface area contributed by atoms with Crippen LogP contribution in [0.4, 0.5) is 0 Å². The van der Waals surface area contributed by atoms with Crippen LogP contribution in [0.25, 0.3) is 0 Å². The van der Waals surface area contributed by atoms with Gasteiger partial charge in [-0.1, -0.05) is 0 Å². The Morgan fingerprint density at radius 3 is 3.19 bits per heavy atom. The molecular weight excluding hydrogens is 204 g/mol. The van der Waals surface area contributed by atoms with Crippen molar-refractivity contribution in [1.82, 2.24) is 14.5 Å². The molecule has 2 heterocycles. The van der Waals surface area contributed by atoms with E-state index in [1.54, 1.807) is 7.11 Å². The van der Waals surface area contributed by atoms with Crippen LogP contribution in [0.5, 0.6) is 0 Å². The fraction of sp³-hybridized carbons (Fsp3) is 0.727. The number of aromatic nitrogens is 2. The topological polar surface area (TPSA) is 56.3 Å². The van der Waals surface area contributed by atoms with Crippen molar-refractivity contribution in [2.75, 3.05) is 26.7 Å². The summed E-state index contributed by atoms with van der Waals surface area (Å²) in [6.07, 6.45) is 5.09. The maximum Gasteiger partial charge on any atom is 0.122 e. The molecule has 0 fully saturated rings. The summed E-state index contributed by atoms with van der Waals surface area (Å²) in [4.78, 5) is 6.75. The van der Waals surface area contributed by atoms with E-state index >= 15 is 0 Å². The van der Waals surface area contributed by atoms with Gasteiger partial charge in [-0.15, -0.1) is 0 Å². The van der Waals surface area contributed by atoms with E-state index in [0.29, 0.717) is 6.54 Å². The van der Waals surface area contributed by atoms with Crippen molar-refractivity contribution < 1.29 is 4.74 Å². The van der Waals surface area contributed by atoms with Gasteiger partial charge in [-0.3, -0.25) is 4.90 Å². The third-order valence-electron chi connectivity index (χ3n) is 3.19. The first-order valence-electron chi connectivity index (χ1n) is 5.78. The molecule has 0 aromatic carbocycles. The molecule has 16 heavy (non-hydrogen) atoms. The molecule has 5 nitrogen and oxygen atoms in total. The van der Waals surface area contributed by atoms with Gasteiger partial charge in [0.2, 0.25) is 0 Å². The monoisotopic (exact) mass is 224 g/mol. The van der Waals surface area contributed by atoms with Gasteiger partial charge >= 0.3 is 0 Å². The van der Waals surface area contributed by atoms with Crippen LogP contribution >= 0.6 is 0 Å². The predicted molar refractivity (Wildman–Crippen MR) is 62.0 cm³/mol. The summed E-state index contributed by atoms with van der Waals surface area (Å²) in [6.45, 7) is 4.69. The van der Waals surface area contributed by atoms with Gasteiger partial charge in [0.1, 0.15) is 5.82 Å². The number of methoxy groups -OCH3 is 1. The lowest BCUT2D eigenvalue weighted by molar-refractivity contribution is 0.0846. The lowest BCUT2D eigenvalue weighted by Gasteiger charge is -2.28. The zero-order valence-corrected chi connectivity index (χ0v) is 9.80. The molecule has 5 heteroatoms. The van der Waals surface area contributed by atoms with E-state index in [0.717, 1.165) is 38.4 Å². The molecule has 0 saturated carbocycles. The minimum Gasteiger partial charge on any atom is -0.380 e. The SMILES string of the molecule is COC(CN)CCN1CCn2ccnc2C1. The summed E-state index contributed by atoms with van der Waals surface area (Å²) < 4.78 is 7.49. The Bertz CT molecular complexity index is 322. The molecule has 0 saturated heterocycles. The molecule has 1 aliphatic rings. The first-order chi connectivity index (χ1) is 7.83. The lowest BCUT2D eigenvalue weighted by atomic mass is 10.2. The molecule has 1 aromatic rings. The molecule has 0 aliphatic carbocycles. The number of hydrogen-bond donors (Lipinski definition) is 1. The van der Waals surface area contributed by atoms with Crippen molar-refractivity contribution in [2.45, 2.75) is 25.6 Å². The van der Waals surface area contributed by atoms with E-state index in [-0.39, 0.29) is 6.10 Å². The number of hydrogen-bond acceptors (Lipinski definition) is 4. The second-order valence-corrected chi connectivity index (χ2v) is 4.20. The Kier molecular flexibility index (Phi) is 3.93. The van der Waals surface area contributed by atoms with Gasteiger partial charge in [0.05, 0.1) is 12.6 Å². The molecule has 1 unspecified atom stereocenters. The molecule has 1 aromatic heterocycles. The summed E-state index contributed by atoms with van der Waals surface area (Å²) in [6, 6.07) is 0. The Hall–Kier alpha value is -0.910. The van der Waals surface area contributed by atoms with Gasteiger partial charge in [0, 0.05) is 45.7 Å². The van der Waals surface area contributed by atoms with Crippen LogP contribution in [-0.4, -0.2) is 47.3 Å². The quantitative estimate of drug-likeness (QED) is 0.768. The van der Waals surface area contributed by atoms with Gasteiger partial charge in [0.25, 0.3) is 0 Å². The van der Waals surface area contributed by atoms with Crippen molar-refractivity contribution in [3.63, 3.8) is 0 Å². The van der Waals surface area contributed by atoms with Crippen LogP contribution in [0.3, 0.4) is 0 Å². The molecule has 0 amide bonds. The number of fused-ring (bicyclic) bond motifs is 1. The lowest BCUT2D eigenvalue weighted by Crippen LogP contribution is -2.36. The molecule has 2 rings (SSSR count). The molecule has 1 aliphatic heterocycles. The molecule has 0 spiro atoms. The van der Waals surface area contributed by atoms with Crippen LogP contribution < -0.4 is 5.73 Å². The van der Waals surface area contributed by atoms with Crippen molar-refractivity contribution in [1.29, 1.82) is 0 Å². The summed E-state index contributed by atoms with van der Waals surface area (Å²) in [7, 11) is 1.72. The molecule has 90 valence electrons. The zero-order chi connectivity index (χ0) is 11.4. The zero-order valence-electron chi connectivity index (χ0n) is 9.80. The number of ether oxygens (including phenoxy) is 1. The average molecular weight is 224 g/mol. The summed E-state index contributed by atoms with van der Waals surface area (Å²) in [5.74, 6) is 1.16. The van der Waals surface area contributed by atoms with E-state index in [1.807, 2.05) is 12.4 Å². The van der Waals surface area contributed by atoms with Crippen molar-refractivity contribution in [3.05, 3.63) is 18.2 Å². The van der Waals surface area contributed by atoms with Crippen LogP contribution in [0, 0.1) is 0 Å². The number of imidazole rings is 1. The van der Waals surface area contributed by atoms with Crippen molar-refractivity contribution in [2.24, 2.45) is 5.73 Å². The van der Waals surface area contributed by atoms with E-state index in [2.05, 4.69) is 14.5 Å². The van der Waals surface area contributed by atoms with Gasteiger partial charge in [-0.05, 0) is 6.42 Å². The van der Waals surface area contributed by atoms with Crippen LogP contribution in [-0.2, 0) is 17.8 Å². The number of nitrogens with zero attached hydrogens (tertiary/aromatic N) is 3. The number of rotatable bonds is 5. The van der Waals surface area contributed by atoms with E-state index in [4.69, 9.17) is 10.5 Å². The molecule has 0 radical (unpaired) electrons. The summed E-state index contributed by atoms with van der Waals surface area (Å²) in [5.41, 5.74) is 5.60. The van der Waals surface area contributed by atoms with Crippen LogP contribution in [0.2, 0.25) is 0 Å². The Morgan fingerprint density at radius 2 is 2.44 bits per heavy atom. The second kappa shape index (κ2) is 5.43. The highest BCUT2D eigenvalue weighted by Crippen LogP contribution is 2.11. The van der Waals surface area contributed by atoms with E-state index in [1.165, 1.54) is 0 Å². The standard InChI is InChI=1S/C11H20N4O/c1-16-10(8-12)2-4-14-6-7-15-5-3-13-11(15)9-14/h3,5,10H,2,4,6-9,12H2,1H3. The second-order valence-electron chi connectivity index (χ2n) is 4.20. The van der Waals surface area contributed by atoms with E-state index < -0.39 is 0 Å². The van der Waals surface area contributed by atoms with Gasteiger partial charge in [-0.2, -0.15) is 0 Å². The maximum absolute atomic E-state index is 5.60. The minimum atomic E-state index is 0.182. The summed E-state index contributed by atoms with van der Waals surface area (Å²) >= 11 is 0. The first kappa shape index (κ1) is 11.6. The predicted octanol–water partition coefficient (Wildman–Crippen LogP) is 0.0625. The highest BCUT2D eigenvalue weighted by atomic mass is 16.5. The number of nitrogens with two attached hydrogens (primary N) is 1. The van der Waals surface area contributed by atoms with Crippen LogP contribution in [0.15, 0.2) is 12.4 Å². The fourth-order valence-corrected chi connectivity index (χ4v) is 2.07. The Balaban J connectivity index is 1.81. The Labute approximate surface area is 96.2 Å². The highest BCUT2D eigenvalue weighted by molar-refractivity contribution is 4.95. The maximum atomic E-state index is 5.60. The average Bonchev–Trinajstić information content (AvgIpc) is 2.77. The van der Waals surface area contributed by atoms with Crippen molar-refractivity contribution in [3.8, 4) is 0 Å². The van der Waals surface area contributed by atoms with Gasteiger partial charge in [-0.25, -0.2) is 4.98 Å². The third-order valence-corrected chi connectivity index (χ3v) is 3.19. The van der Waals surface area contributed by atoms with Gasteiger partial charge in [0.15, 0.2) is 0 Å². The molecule has 2 N–H and O–H groups in total. The third kappa shape index (κ3) is 2.61. The molecule has 0 bridgehead atoms. The summed E-state index contributed by atoms with van der Waals surface area (Å²) in [5, 5.41) is 0. The molecule has 1 atom stereocenters. The van der Waals surface area contributed by atoms with Crippen LogP contribution in [0.1, 0.15) is 12.2 Å². The smallest absolute Gasteiger partial charge is 0.122 e. The fourth-order valence-electron chi connectivity index (χ4n) is 2.07. The van der Waals surface area contributed by atoms with E-state index in [9.17, 15) is 0 Å². The van der Waals surface area contributed by atoms with Gasteiger partial charge < -0.3 is 15.0 Å².